The smallest absolute Gasteiger partial charge is 0.224 e. The quantitative estimate of drug-likeness (QED) is 0.856. The number of halogens is 2. The molecule has 0 amide bonds. The highest BCUT2D eigenvalue weighted by molar-refractivity contribution is 6.31. The molecule has 5 heteroatoms. The molecule has 88 valence electrons. The standard InChI is InChI=1S/C12H11Cl2N3/c1-8(9-4-2-3-5-10(9)13)16-11-6-7-15-12(14)17-11/h2-8H,1H3,(H,15,16,17). The van der Waals surface area contributed by atoms with E-state index in [0.717, 1.165) is 10.6 Å². The lowest BCUT2D eigenvalue weighted by Gasteiger charge is -2.16. The van der Waals surface area contributed by atoms with E-state index in [-0.39, 0.29) is 11.3 Å². The average molecular weight is 268 g/mol. The summed E-state index contributed by atoms with van der Waals surface area (Å²) in [5, 5.41) is 4.17. The number of benzene rings is 1. The van der Waals surface area contributed by atoms with E-state index in [4.69, 9.17) is 23.2 Å². The largest absolute Gasteiger partial charge is 0.363 e. The van der Waals surface area contributed by atoms with Gasteiger partial charge in [0.05, 0.1) is 6.04 Å². The van der Waals surface area contributed by atoms with Crippen LogP contribution in [0.4, 0.5) is 5.82 Å². The molecular weight excluding hydrogens is 257 g/mol. The van der Waals surface area contributed by atoms with Gasteiger partial charge in [-0.2, -0.15) is 0 Å². The van der Waals surface area contributed by atoms with E-state index in [2.05, 4.69) is 15.3 Å². The molecule has 2 aromatic rings. The summed E-state index contributed by atoms with van der Waals surface area (Å²) in [5.41, 5.74) is 1.02. The molecule has 1 unspecified atom stereocenters. The molecule has 17 heavy (non-hydrogen) atoms. The molecule has 1 aromatic heterocycles. The van der Waals surface area contributed by atoms with E-state index in [1.165, 1.54) is 0 Å². The van der Waals surface area contributed by atoms with E-state index in [1.54, 1.807) is 12.3 Å². The maximum absolute atomic E-state index is 6.12. The summed E-state index contributed by atoms with van der Waals surface area (Å²) in [4.78, 5) is 7.89. The summed E-state index contributed by atoms with van der Waals surface area (Å²) in [7, 11) is 0. The van der Waals surface area contributed by atoms with Crippen molar-refractivity contribution >= 4 is 29.0 Å². The molecule has 0 spiro atoms. The molecule has 1 heterocycles. The van der Waals surface area contributed by atoms with Crippen LogP contribution in [-0.2, 0) is 0 Å². The van der Waals surface area contributed by atoms with Crippen LogP contribution in [0.3, 0.4) is 0 Å². The summed E-state index contributed by atoms with van der Waals surface area (Å²) in [5.74, 6) is 0.678. The van der Waals surface area contributed by atoms with Gasteiger partial charge < -0.3 is 5.32 Å². The van der Waals surface area contributed by atoms with Crippen LogP contribution in [0.2, 0.25) is 10.3 Å². The highest BCUT2D eigenvalue weighted by Crippen LogP contribution is 2.24. The fourth-order valence-corrected chi connectivity index (χ4v) is 1.99. The Kier molecular flexibility index (Phi) is 3.82. The van der Waals surface area contributed by atoms with Crippen LogP contribution in [0.25, 0.3) is 0 Å². The predicted octanol–water partition coefficient (Wildman–Crippen LogP) is 3.96. The Morgan fingerprint density at radius 3 is 2.65 bits per heavy atom. The van der Waals surface area contributed by atoms with Crippen LogP contribution in [0, 0.1) is 0 Å². The van der Waals surface area contributed by atoms with Crippen LogP contribution in [-0.4, -0.2) is 9.97 Å². The normalized spacial score (nSPS) is 12.2. The molecule has 0 bridgehead atoms. The Bertz CT molecular complexity index is 517. The highest BCUT2D eigenvalue weighted by Gasteiger charge is 2.09. The Balaban J connectivity index is 2.17. The zero-order valence-corrected chi connectivity index (χ0v) is 10.7. The van der Waals surface area contributed by atoms with E-state index in [9.17, 15) is 0 Å². The molecule has 0 saturated heterocycles. The van der Waals surface area contributed by atoms with E-state index in [1.807, 2.05) is 31.2 Å². The van der Waals surface area contributed by atoms with Crippen LogP contribution < -0.4 is 5.32 Å². The van der Waals surface area contributed by atoms with Gasteiger partial charge in [0.15, 0.2) is 0 Å². The second-order valence-electron chi connectivity index (χ2n) is 3.60. The first-order valence-corrected chi connectivity index (χ1v) is 5.92. The van der Waals surface area contributed by atoms with Crippen molar-refractivity contribution < 1.29 is 0 Å². The minimum Gasteiger partial charge on any atom is -0.363 e. The Morgan fingerprint density at radius 2 is 1.94 bits per heavy atom. The van der Waals surface area contributed by atoms with Gasteiger partial charge in [0.25, 0.3) is 0 Å². The van der Waals surface area contributed by atoms with Gasteiger partial charge in [-0.05, 0) is 36.2 Å². The molecule has 2 rings (SSSR count). The maximum Gasteiger partial charge on any atom is 0.224 e. The minimum atomic E-state index is 0.0506. The van der Waals surface area contributed by atoms with Crippen molar-refractivity contribution in [1.82, 2.24) is 9.97 Å². The molecule has 1 N–H and O–H groups in total. The van der Waals surface area contributed by atoms with Gasteiger partial charge >= 0.3 is 0 Å². The van der Waals surface area contributed by atoms with Gasteiger partial charge in [-0.1, -0.05) is 29.8 Å². The number of anilines is 1. The lowest BCUT2D eigenvalue weighted by Crippen LogP contribution is -2.08. The van der Waals surface area contributed by atoms with Crippen molar-refractivity contribution in [3.63, 3.8) is 0 Å². The second-order valence-corrected chi connectivity index (χ2v) is 4.34. The van der Waals surface area contributed by atoms with Crippen molar-refractivity contribution in [3.8, 4) is 0 Å². The van der Waals surface area contributed by atoms with E-state index < -0.39 is 0 Å². The third-order valence-electron chi connectivity index (χ3n) is 2.36. The highest BCUT2D eigenvalue weighted by atomic mass is 35.5. The molecule has 0 aliphatic carbocycles. The first-order valence-electron chi connectivity index (χ1n) is 5.16. The number of aromatic nitrogens is 2. The lowest BCUT2D eigenvalue weighted by atomic mass is 10.1. The van der Waals surface area contributed by atoms with Crippen molar-refractivity contribution in [2.24, 2.45) is 0 Å². The molecule has 0 saturated carbocycles. The van der Waals surface area contributed by atoms with E-state index >= 15 is 0 Å². The van der Waals surface area contributed by atoms with Gasteiger partial charge in [0, 0.05) is 11.2 Å². The first-order chi connectivity index (χ1) is 8.16. The minimum absolute atomic E-state index is 0.0506. The van der Waals surface area contributed by atoms with Crippen molar-refractivity contribution in [1.29, 1.82) is 0 Å². The number of hydrogen-bond donors (Lipinski definition) is 1. The van der Waals surface area contributed by atoms with Crippen LogP contribution >= 0.6 is 23.2 Å². The molecule has 3 nitrogen and oxygen atoms in total. The van der Waals surface area contributed by atoms with Crippen molar-refractivity contribution in [2.75, 3.05) is 5.32 Å². The molecule has 1 aromatic carbocycles. The number of rotatable bonds is 3. The molecule has 0 aliphatic rings. The predicted molar refractivity (Wildman–Crippen MR) is 70.5 cm³/mol. The summed E-state index contributed by atoms with van der Waals surface area (Å²) < 4.78 is 0. The summed E-state index contributed by atoms with van der Waals surface area (Å²) in [6.07, 6.45) is 1.61. The van der Waals surface area contributed by atoms with Gasteiger partial charge in [-0.3, -0.25) is 0 Å². The third-order valence-corrected chi connectivity index (χ3v) is 2.89. The summed E-state index contributed by atoms with van der Waals surface area (Å²) >= 11 is 11.8. The van der Waals surface area contributed by atoms with Crippen LogP contribution in [0.5, 0.6) is 0 Å². The SMILES string of the molecule is CC(Nc1ccnc(Cl)n1)c1ccccc1Cl. The Labute approximate surface area is 110 Å². The van der Waals surface area contributed by atoms with Gasteiger partial charge in [-0.25, -0.2) is 9.97 Å². The number of nitrogens with one attached hydrogen (secondary N) is 1. The zero-order valence-electron chi connectivity index (χ0n) is 9.19. The van der Waals surface area contributed by atoms with Crippen LogP contribution in [0.15, 0.2) is 36.5 Å². The summed E-state index contributed by atoms with van der Waals surface area (Å²) in [6, 6.07) is 9.51. The molecule has 0 fully saturated rings. The van der Waals surface area contributed by atoms with Gasteiger partial charge in [0.1, 0.15) is 5.82 Å². The van der Waals surface area contributed by atoms with Crippen molar-refractivity contribution in [2.45, 2.75) is 13.0 Å². The van der Waals surface area contributed by atoms with Crippen molar-refractivity contribution in [3.05, 3.63) is 52.4 Å². The fraction of sp³-hybridized carbons (Fsp3) is 0.167. The molecular formula is C12H11Cl2N3. The summed E-state index contributed by atoms with van der Waals surface area (Å²) in [6.45, 7) is 2.01. The third kappa shape index (κ3) is 3.08. The molecule has 1 atom stereocenters. The van der Waals surface area contributed by atoms with Crippen LogP contribution in [0.1, 0.15) is 18.5 Å². The molecule has 0 aliphatic heterocycles. The lowest BCUT2D eigenvalue weighted by molar-refractivity contribution is 0.872. The Morgan fingerprint density at radius 1 is 1.18 bits per heavy atom. The fourth-order valence-electron chi connectivity index (χ4n) is 1.54. The molecule has 0 radical (unpaired) electrons. The van der Waals surface area contributed by atoms with Gasteiger partial charge in [0.2, 0.25) is 5.28 Å². The zero-order chi connectivity index (χ0) is 12.3. The van der Waals surface area contributed by atoms with Gasteiger partial charge in [-0.15, -0.1) is 0 Å². The number of nitrogens with zero attached hydrogens (tertiary/aromatic N) is 2. The topological polar surface area (TPSA) is 37.8 Å². The first kappa shape index (κ1) is 12.1. The Hall–Kier alpha value is -1.32. The number of hydrogen-bond acceptors (Lipinski definition) is 3. The monoisotopic (exact) mass is 267 g/mol. The average Bonchev–Trinajstić information content (AvgIpc) is 2.29. The maximum atomic E-state index is 6.12. The second kappa shape index (κ2) is 5.34. The van der Waals surface area contributed by atoms with E-state index in [0.29, 0.717) is 5.82 Å².